The average Bonchev–Trinajstić information content (AvgIpc) is 2.38. The molecule has 1 aromatic carbocycles. The van der Waals surface area contributed by atoms with E-state index in [9.17, 15) is 13.5 Å². The Kier molecular flexibility index (Phi) is 4.57. The van der Waals surface area contributed by atoms with Crippen molar-refractivity contribution in [2.45, 2.75) is 43.4 Å². The molecule has 0 bridgehead atoms. The topological polar surface area (TPSA) is 75.6 Å². The minimum Gasteiger partial charge on any atom is -0.392 e. The fourth-order valence-corrected chi connectivity index (χ4v) is 3.80. The Labute approximate surface area is 113 Å². The maximum atomic E-state index is 12.3. The molecular formula is C13H19NO4S. The quantitative estimate of drug-likeness (QED) is 0.866. The van der Waals surface area contributed by atoms with E-state index in [-0.39, 0.29) is 23.6 Å². The van der Waals surface area contributed by atoms with Crippen LogP contribution in [0.4, 0.5) is 0 Å². The number of benzene rings is 1. The van der Waals surface area contributed by atoms with Crippen molar-refractivity contribution in [1.29, 1.82) is 0 Å². The first-order valence-corrected chi connectivity index (χ1v) is 7.84. The molecule has 0 aliphatic carbocycles. The van der Waals surface area contributed by atoms with Gasteiger partial charge in [0, 0.05) is 12.6 Å². The molecule has 106 valence electrons. The predicted octanol–water partition coefficient (Wildman–Crippen LogP) is 1.02. The van der Waals surface area contributed by atoms with E-state index >= 15 is 0 Å². The summed E-state index contributed by atoms with van der Waals surface area (Å²) in [5.74, 6) is 0. The molecule has 2 unspecified atom stereocenters. The lowest BCUT2D eigenvalue weighted by molar-refractivity contribution is 0.0173. The predicted molar refractivity (Wildman–Crippen MR) is 71.1 cm³/mol. The van der Waals surface area contributed by atoms with Crippen molar-refractivity contribution in [3.05, 3.63) is 29.8 Å². The van der Waals surface area contributed by atoms with Crippen LogP contribution in [0.1, 0.15) is 25.3 Å². The van der Waals surface area contributed by atoms with E-state index in [1.54, 1.807) is 18.2 Å². The standard InChI is InChI=1S/C13H19NO4S/c1-10-8-12(6-7-18-10)14-19(16,17)13-5-3-2-4-11(13)9-15/h2-5,10,12,14-15H,6-9H2,1H3. The summed E-state index contributed by atoms with van der Waals surface area (Å²) in [6.45, 7) is 2.21. The van der Waals surface area contributed by atoms with Gasteiger partial charge in [0.1, 0.15) is 0 Å². The maximum absolute atomic E-state index is 12.3. The lowest BCUT2D eigenvalue weighted by Gasteiger charge is -2.27. The van der Waals surface area contributed by atoms with Gasteiger partial charge in [0.05, 0.1) is 17.6 Å². The van der Waals surface area contributed by atoms with Gasteiger partial charge < -0.3 is 9.84 Å². The van der Waals surface area contributed by atoms with Crippen molar-refractivity contribution in [1.82, 2.24) is 4.72 Å². The number of ether oxygens (including phenoxy) is 1. The number of sulfonamides is 1. The largest absolute Gasteiger partial charge is 0.392 e. The summed E-state index contributed by atoms with van der Waals surface area (Å²) >= 11 is 0. The smallest absolute Gasteiger partial charge is 0.241 e. The van der Waals surface area contributed by atoms with Gasteiger partial charge in [0.25, 0.3) is 0 Å². The Hall–Kier alpha value is -0.950. The minimum absolute atomic E-state index is 0.0644. The van der Waals surface area contributed by atoms with Crippen molar-refractivity contribution < 1.29 is 18.3 Å². The molecule has 0 saturated carbocycles. The molecule has 6 heteroatoms. The number of hydrogen-bond acceptors (Lipinski definition) is 4. The molecule has 2 atom stereocenters. The molecule has 19 heavy (non-hydrogen) atoms. The van der Waals surface area contributed by atoms with Crippen LogP contribution < -0.4 is 4.72 Å². The van der Waals surface area contributed by atoms with Gasteiger partial charge in [-0.2, -0.15) is 0 Å². The zero-order valence-electron chi connectivity index (χ0n) is 10.9. The van der Waals surface area contributed by atoms with Crippen LogP contribution in [0.5, 0.6) is 0 Å². The Morgan fingerprint density at radius 1 is 1.42 bits per heavy atom. The molecule has 2 N–H and O–H groups in total. The third-order valence-electron chi connectivity index (χ3n) is 3.24. The highest BCUT2D eigenvalue weighted by molar-refractivity contribution is 7.89. The van der Waals surface area contributed by atoms with Gasteiger partial charge in [-0.05, 0) is 31.4 Å². The maximum Gasteiger partial charge on any atom is 0.241 e. The number of hydrogen-bond donors (Lipinski definition) is 2. The van der Waals surface area contributed by atoms with Crippen LogP contribution in [0.25, 0.3) is 0 Å². The molecule has 1 fully saturated rings. The molecule has 1 aliphatic heterocycles. The molecular weight excluding hydrogens is 266 g/mol. The minimum atomic E-state index is -3.59. The number of aliphatic hydroxyl groups is 1. The Morgan fingerprint density at radius 3 is 2.84 bits per heavy atom. The molecule has 1 aromatic rings. The first-order valence-electron chi connectivity index (χ1n) is 6.35. The molecule has 5 nitrogen and oxygen atoms in total. The second-order valence-corrected chi connectivity index (χ2v) is 6.47. The van der Waals surface area contributed by atoms with E-state index < -0.39 is 10.0 Å². The fourth-order valence-electron chi connectivity index (χ4n) is 2.28. The van der Waals surface area contributed by atoms with Crippen LogP contribution in [0.2, 0.25) is 0 Å². The molecule has 2 rings (SSSR count). The zero-order valence-corrected chi connectivity index (χ0v) is 11.7. The van der Waals surface area contributed by atoms with Gasteiger partial charge in [-0.1, -0.05) is 18.2 Å². The van der Waals surface area contributed by atoms with Gasteiger partial charge in [-0.25, -0.2) is 13.1 Å². The van der Waals surface area contributed by atoms with Crippen molar-refractivity contribution in [3.8, 4) is 0 Å². The molecule has 0 amide bonds. The van der Waals surface area contributed by atoms with Crippen molar-refractivity contribution >= 4 is 10.0 Å². The number of aliphatic hydroxyl groups excluding tert-OH is 1. The molecule has 1 heterocycles. The van der Waals surface area contributed by atoms with Gasteiger partial charge in [-0.3, -0.25) is 0 Å². The Balaban J connectivity index is 2.18. The normalized spacial score (nSPS) is 24.3. The zero-order chi connectivity index (χ0) is 13.9. The van der Waals surface area contributed by atoms with E-state index in [2.05, 4.69) is 4.72 Å². The van der Waals surface area contributed by atoms with Gasteiger partial charge in [0.15, 0.2) is 0 Å². The van der Waals surface area contributed by atoms with Gasteiger partial charge >= 0.3 is 0 Å². The van der Waals surface area contributed by atoms with E-state index in [0.29, 0.717) is 25.0 Å². The van der Waals surface area contributed by atoms with Crippen LogP contribution in [0.3, 0.4) is 0 Å². The van der Waals surface area contributed by atoms with Crippen LogP contribution >= 0.6 is 0 Å². The monoisotopic (exact) mass is 285 g/mol. The SMILES string of the molecule is CC1CC(NS(=O)(=O)c2ccccc2CO)CCO1. The van der Waals surface area contributed by atoms with Crippen molar-refractivity contribution in [3.63, 3.8) is 0 Å². The van der Waals surface area contributed by atoms with Crippen LogP contribution in [-0.2, 0) is 21.4 Å². The highest BCUT2D eigenvalue weighted by atomic mass is 32.2. The fraction of sp³-hybridized carbons (Fsp3) is 0.538. The second kappa shape index (κ2) is 6.00. The van der Waals surface area contributed by atoms with Gasteiger partial charge in [0.2, 0.25) is 10.0 Å². The summed E-state index contributed by atoms with van der Waals surface area (Å²) in [6, 6.07) is 6.37. The summed E-state index contributed by atoms with van der Waals surface area (Å²) < 4.78 is 32.7. The Bertz CT molecular complexity index is 529. The van der Waals surface area contributed by atoms with E-state index in [1.807, 2.05) is 6.92 Å². The summed E-state index contributed by atoms with van der Waals surface area (Å²) in [6.07, 6.45) is 1.40. The lowest BCUT2D eigenvalue weighted by atomic mass is 10.1. The highest BCUT2D eigenvalue weighted by Gasteiger charge is 2.26. The molecule has 1 saturated heterocycles. The molecule has 1 aliphatic rings. The highest BCUT2D eigenvalue weighted by Crippen LogP contribution is 2.19. The van der Waals surface area contributed by atoms with Crippen LogP contribution in [0.15, 0.2) is 29.2 Å². The van der Waals surface area contributed by atoms with Crippen molar-refractivity contribution in [2.75, 3.05) is 6.61 Å². The third-order valence-corrected chi connectivity index (χ3v) is 4.86. The van der Waals surface area contributed by atoms with E-state index in [0.717, 1.165) is 0 Å². The lowest BCUT2D eigenvalue weighted by Crippen LogP contribution is -2.41. The van der Waals surface area contributed by atoms with Crippen LogP contribution in [0, 0.1) is 0 Å². The average molecular weight is 285 g/mol. The number of rotatable bonds is 4. The summed E-state index contributed by atoms with van der Waals surface area (Å²) in [5, 5.41) is 9.22. The summed E-state index contributed by atoms with van der Waals surface area (Å²) in [5.41, 5.74) is 0.412. The molecule has 0 radical (unpaired) electrons. The number of nitrogens with one attached hydrogen (secondary N) is 1. The first-order chi connectivity index (χ1) is 9.03. The Morgan fingerprint density at radius 2 is 2.16 bits per heavy atom. The summed E-state index contributed by atoms with van der Waals surface area (Å²) in [4.78, 5) is 0.150. The molecule has 0 aromatic heterocycles. The van der Waals surface area contributed by atoms with Crippen molar-refractivity contribution in [2.24, 2.45) is 0 Å². The van der Waals surface area contributed by atoms with Crippen LogP contribution in [-0.4, -0.2) is 32.3 Å². The first kappa shape index (κ1) is 14.5. The van der Waals surface area contributed by atoms with E-state index in [4.69, 9.17) is 4.74 Å². The van der Waals surface area contributed by atoms with Gasteiger partial charge in [-0.15, -0.1) is 0 Å². The summed E-state index contributed by atoms with van der Waals surface area (Å²) in [7, 11) is -3.59. The third kappa shape index (κ3) is 3.54. The van der Waals surface area contributed by atoms with E-state index in [1.165, 1.54) is 6.07 Å². The molecule has 0 spiro atoms. The second-order valence-electron chi connectivity index (χ2n) is 4.79.